The van der Waals surface area contributed by atoms with Gasteiger partial charge < -0.3 is 10.6 Å². The number of aryl methyl sites for hydroxylation is 1. The lowest BCUT2D eigenvalue weighted by molar-refractivity contribution is 0.120. The number of benzene rings is 1. The van der Waals surface area contributed by atoms with Crippen LogP contribution in [0.4, 0.5) is 0 Å². The highest BCUT2D eigenvalue weighted by molar-refractivity contribution is 5.15. The van der Waals surface area contributed by atoms with Gasteiger partial charge in [-0.25, -0.2) is 0 Å². The van der Waals surface area contributed by atoms with Crippen LogP contribution in [0.5, 0.6) is 0 Å². The van der Waals surface area contributed by atoms with Gasteiger partial charge in [0.2, 0.25) is 0 Å². The maximum atomic E-state index is 6.03. The van der Waals surface area contributed by atoms with Crippen LogP contribution < -0.4 is 5.73 Å². The summed E-state index contributed by atoms with van der Waals surface area (Å²) in [5.41, 5.74) is 7.86. The van der Waals surface area contributed by atoms with Crippen LogP contribution in [0.2, 0.25) is 0 Å². The van der Waals surface area contributed by atoms with Gasteiger partial charge >= 0.3 is 0 Å². The summed E-state index contributed by atoms with van der Waals surface area (Å²) in [6.07, 6.45) is 4.92. The first-order valence-electron chi connectivity index (χ1n) is 6.67. The Morgan fingerprint density at radius 2 is 1.82 bits per heavy atom. The van der Waals surface area contributed by atoms with Crippen LogP contribution in [-0.4, -0.2) is 31.6 Å². The third kappa shape index (κ3) is 3.30. The minimum absolute atomic E-state index is 0.391. The summed E-state index contributed by atoms with van der Waals surface area (Å²) in [7, 11) is 2.21. The van der Waals surface area contributed by atoms with Crippen molar-refractivity contribution in [2.45, 2.75) is 25.7 Å². The summed E-state index contributed by atoms with van der Waals surface area (Å²) in [5, 5.41) is 0. The fourth-order valence-corrected chi connectivity index (χ4v) is 2.70. The van der Waals surface area contributed by atoms with Gasteiger partial charge in [-0.2, -0.15) is 0 Å². The van der Waals surface area contributed by atoms with Gasteiger partial charge in [-0.15, -0.1) is 0 Å². The van der Waals surface area contributed by atoms with Gasteiger partial charge in [0, 0.05) is 0 Å². The molecule has 2 nitrogen and oxygen atoms in total. The van der Waals surface area contributed by atoms with Crippen molar-refractivity contribution in [1.82, 2.24) is 4.90 Å². The summed E-state index contributed by atoms with van der Waals surface area (Å²) in [4.78, 5) is 2.41. The van der Waals surface area contributed by atoms with Crippen molar-refractivity contribution in [2.75, 3.05) is 26.7 Å². The van der Waals surface area contributed by atoms with Gasteiger partial charge in [-0.1, -0.05) is 30.3 Å². The maximum absolute atomic E-state index is 6.03. The second kappa shape index (κ2) is 5.65. The fourth-order valence-electron chi connectivity index (χ4n) is 2.70. The highest BCUT2D eigenvalue weighted by atomic mass is 15.1. The second-order valence-corrected chi connectivity index (χ2v) is 5.49. The molecule has 1 saturated heterocycles. The van der Waals surface area contributed by atoms with Gasteiger partial charge in [0.05, 0.1) is 0 Å². The van der Waals surface area contributed by atoms with Crippen LogP contribution in [0.15, 0.2) is 30.3 Å². The van der Waals surface area contributed by atoms with Gasteiger partial charge in [0.1, 0.15) is 0 Å². The minimum atomic E-state index is 0.391. The molecule has 1 heterocycles. The van der Waals surface area contributed by atoms with Crippen molar-refractivity contribution in [3.8, 4) is 0 Å². The number of nitrogens with two attached hydrogens (primary N) is 1. The fraction of sp³-hybridized carbons (Fsp3) is 0.600. The van der Waals surface area contributed by atoms with Crippen molar-refractivity contribution in [2.24, 2.45) is 11.1 Å². The second-order valence-electron chi connectivity index (χ2n) is 5.49. The molecule has 17 heavy (non-hydrogen) atoms. The largest absolute Gasteiger partial charge is 0.330 e. The van der Waals surface area contributed by atoms with Crippen molar-refractivity contribution in [3.63, 3.8) is 0 Å². The quantitative estimate of drug-likeness (QED) is 0.863. The van der Waals surface area contributed by atoms with E-state index in [0.717, 1.165) is 6.54 Å². The van der Waals surface area contributed by atoms with Crippen LogP contribution in [0.25, 0.3) is 0 Å². The van der Waals surface area contributed by atoms with E-state index < -0.39 is 0 Å². The van der Waals surface area contributed by atoms with Crippen molar-refractivity contribution >= 4 is 0 Å². The van der Waals surface area contributed by atoms with Gasteiger partial charge in [0.25, 0.3) is 0 Å². The van der Waals surface area contributed by atoms with E-state index in [2.05, 4.69) is 42.3 Å². The Hall–Kier alpha value is -0.860. The standard InChI is InChI=1S/C15H24N2/c1-17-11-9-15(13-16,10-12-17)8-7-14-5-3-2-4-6-14/h2-6H,7-13,16H2,1H3. The summed E-state index contributed by atoms with van der Waals surface area (Å²) >= 11 is 0. The lowest BCUT2D eigenvalue weighted by atomic mass is 9.74. The predicted molar refractivity (Wildman–Crippen MR) is 73.0 cm³/mol. The summed E-state index contributed by atoms with van der Waals surface area (Å²) in [5.74, 6) is 0. The molecule has 0 unspecified atom stereocenters. The van der Waals surface area contributed by atoms with Crippen molar-refractivity contribution in [3.05, 3.63) is 35.9 Å². The maximum Gasteiger partial charge on any atom is -0.00160 e. The molecule has 1 fully saturated rings. The Morgan fingerprint density at radius 3 is 2.41 bits per heavy atom. The van der Waals surface area contributed by atoms with Crippen LogP contribution in [0.3, 0.4) is 0 Å². The van der Waals surface area contributed by atoms with E-state index in [4.69, 9.17) is 5.73 Å². The third-order valence-electron chi connectivity index (χ3n) is 4.27. The molecule has 1 aromatic carbocycles. The molecule has 0 saturated carbocycles. The molecule has 1 aromatic rings. The normalized spacial score (nSPS) is 20.4. The van der Waals surface area contributed by atoms with Crippen LogP contribution >= 0.6 is 0 Å². The summed E-state index contributed by atoms with van der Waals surface area (Å²) in [6.45, 7) is 3.24. The molecule has 0 amide bonds. The van der Waals surface area contributed by atoms with E-state index in [1.54, 1.807) is 0 Å². The molecule has 0 aromatic heterocycles. The Morgan fingerprint density at radius 1 is 1.18 bits per heavy atom. The number of hydrogen-bond acceptors (Lipinski definition) is 2. The van der Waals surface area contributed by atoms with E-state index in [1.165, 1.54) is 44.3 Å². The molecule has 2 N–H and O–H groups in total. The van der Waals surface area contributed by atoms with Crippen LogP contribution in [0, 0.1) is 5.41 Å². The van der Waals surface area contributed by atoms with Crippen LogP contribution in [-0.2, 0) is 6.42 Å². The highest BCUT2D eigenvalue weighted by Gasteiger charge is 2.31. The number of piperidine rings is 1. The minimum Gasteiger partial charge on any atom is -0.330 e. The van der Waals surface area contributed by atoms with Gasteiger partial charge in [-0.3, -0.25) is 0 Å². The van der Waals surface area contributed by atoms with Crippen molar-refractivity contribution < 1.29 is 0 Å². The first-order valence-corrected chi connectivity index (χ1v) is 6.67. The Labute approximate surface area is 105 Å². The topological polar surface area (TPSA) is 29.3 Å². The summed E-state index contributed by atoms with van der Waals surface area (Å²) < 4.78 is 0. The number of rotatable bonds is 4. The SMILES string of the molecule is CN1CCC(CN)(CCc2ccccc2)CC1. The van der Waals surface area contributed by atoms with E-state index >= 15 is 0 Å². The Balaban J connectivity index is 1.91. The third-order valence-corrected chi connectivity index (χ3v) is 4.27. The molecule has 0 atom stereocenters. The molecule has 0 bridgehead atoms. The molecule has 94 valence electrons. The van der Waals surface area contributed by atoms with Crippen LogP contribution in [0.1, 0.15) is 24.8 Å². The lowest BCUT2D eigenvalue weighted by Crippen LogP contribution is -2.42. The monoisotopic (exact) mass is 232 g/mol. The lowest BCUT2D eigenvalue weighted by Gasteiger charge is -2.40. The molecular formula is C15H24N2. The smallest absolute Gasteiger partial charge is 0.00160 e. The zero-order valence-electron chi connectivity index (χ0n) is 10.9. The summed E-state index contributed by atoms with van der Waals surface area (Å²) in [6, 6.07) is 10.8. The molecular weight excluding hydrogens is 208 g/mol. The first-order chi connectivity index (χ1) is 8.24. The van der Waals surface area contributed by atoms with Gasteiger partial charge in [-0.05, 0) is 63.3 Å². The van der Waals surface area contributed by atoms with Gasteiger partial charge in [0.15, 0.2) is 0 Å². The number of likely N-dealkylation sites (tertiary alicyclic amines) is 1. The predicted octanol–water partition coefficient (Wildman–Crippen LogP) is 2.29. The van der Waals surface area contributed by atoms with E-state index in [0.29, 0.717) is 5.41 Å². The Kier molecular flexibility index (Phi) is 4.19. The first kappa shape index (κ1) is 12.6. The Bertz CT molecular complexity index is 326. The zero-order chi connectivity index (χ0) is 12.1. The van der Waals surface area contributed by atoms with Crippen molar-refractivity contribution in [1.29, 1.82) is 0 Å². The van der Waals surface area contributed by atoms with E-state index in [9.17, 15) is 0 Å². The molecule has 0 aliphatic carbocycles. The number of nitrogens with zero attached hydrogens (tertiary/aromatic N) is 1. The average molecular weight is 232 g/mol. The molecule has 2 heteroatoms. The van der Waals surface area contributed by atoms with E-state index in [1.807, 2.05) is 0 Å². The van der Waals surface area contributed by atoms with E-state index in [-0.39, 0.29) is 0 Å². The molecule has 1 aliphatic rings. The highest BCUT2D eigenvalue weighted by Crippen LogP contribution is 2.34. The molecule has 2 rings (SSSR count). The molecule has 0 spiro atoms. The molecule has 1 aliphatic heterocycles. The average Bonchev–Trinajstić information content (AvgIpc) is 2.40. The zero-order valence-corrected chi connectivity index (χ0v) is 10.9. The number of hydrogen-bond donors (Lipinski definition) is 1. The molecule has 0 radical (unpaired) electrons.